The quantitative estimate of drug-likeness (QED) is 0.896. The van der Waals surface area contributed by atoms with Gasteiger partial charge in [0.1, 0.15) is 29.7 Å². The molecule has 0 aliphatic heterocycles. The Bertz CT molecular complexity index is 582. The summed E-state index contributed by atoms with van der Waals surface area (Å²) in [6.45, 7) is 9.35. The molecule has 3 nitrogen and oxygen atoms in total. The first-order valence-electron chi connectivity index (χ1n) is 7.05. The van der Waals surface area contributed by atoms with E-state index in [1.54, 1.807) is 12.1 Å². The molecule has 4 heteroatoms. The molecule has 0 saturated carbocycles. The molecule has 0 saturated heterocycles. The molecule has 0 atom stereocenters. The van der Waals surface area contributed by atoms with Gasteiger partial charge in [-0.1, -0.05) is 0 Å². The van der Waals surface area contributed by atoms with Crippen LogP contribution in [0, 0.1) is 12.7 Å². The molecule has 0 aliphatic rings. The SMILES string of the molecule is Cc1oc(CNC(C)(C)C)cc1COc1ccc(F)cc1. The lowest BCUT2D eigenvalue weighted by molar-refractivity contribution is 0.302. The van der Waals surface area contributed by atoms with Gasteiger partial charge >= 0.3 is 0 Å². The third-order valence-electron chi connectivity index (χ3n) is 3.07. The Morgan fingerprint density at radius 3 is 2.48 bits per heavy atom. The van der Waals surface area contributed by atoms with Crippen molar-refractivity contribution in [3.05, 3.63) is 53.2 Å². The van der Waals surface area contributed by atoms with E-state index in [2.05, 4.69) is 26.1 Å². The molecular weight excluding hydrogens is 269 g/mol. The summed E-state index contributed by atoms with van der Waals surface area (Å²) in [6.07, 6.45) is 0. The second kappa shape index (κ2) is 6.31. The fourth-order valence-corrected chi connectivity index (χ4v) is 1.86. The molecule has 0 aliphatic carbocycles. The van der Waals surface area contributed by atoms with Gasteiger partial charge in [-0.2, -0.15) is 0 Å². The fourth-order valence-electron chi connectivity index (χ4n) is 1.86. The molecule has 2 aromatic rings. The van der Waals surface area contributed by atoms with Crippen LogP contribution in [0.15, 0.2) is 34.7 Å². The highest BCUT2D eigenvalue weighted by Gasteiger charge is 2.12. The molecular formula is C17H22FNO2. The van der Waals surface area contributed by atoms with E-state index in [1.807, 2.05) is 13.0 Å². The summed E-state index contributed by atoms with van der Waals surface area (Å²) >= 11 is 0. The number of furan rings is 1. The smallest absolute Gasteiger partial charge is 0.123 e. The summed E-state index contributed by atoms with van der Waals surface area (Å²) in [5.41, 5.74) is 1.05. The van der Waals surface area contributed by atoms with E-state index in [0.717, 1.165) is 17.1 Å². The number of rotatable bonds is 5. The second-order valence-electron chi connectivity index (χ2n) is 6.14. The highest BCUT2D eigenvalue weighted by molar-refractivity contribution is 5.24. The summed E-state index contributed by atoms with van der Waals surface area (Å²) < 4.78 is 24.2. The van der Waals surface area contributed by atoms with Crippen LogP contribution >= 0.6 is 0 Å². The summed E-state index contributed by atoms with van der Waals surface area (Å²) in [7, 11) is 0. The van der Waals surface area contributed by atoms with Crippen molar-refractivity contribution in [3.8, 4) is 5.75 Å². The molecule has 1 aromatic heterocycles. The Balaban J connectivity index is 1.94. The van der Waals surface area contributed by atoms with Crippen LogP contribution in [0.5, 0.6) is 5.75 Å². The van der Waals surface area contributed by atoms with Gasteiger partial charge in [-0.15, -0.1) is 0 Å². The molecule has 0 unspecified atom stereocenters. The predicted octanol–water partition coefficient (Wildman–Crippen LogP) is 4.19. The number of hydrogen-bond acceptors (Lipinski definition) is 3. The van der Waals surface area contributed by atoms with Crippen LogP contribution < -0.4 is 10.1 Å². The standard InChI is InChI=1S/C17H22FNO2/c1-12-13(9-16(21-12)10-19-17(2,3)4)11-20-15-7-5-14(18)6-8-15/h5-9,19H,10-11H2,1-4H3. The van der Waals surface area contributed by atoms with E-state index in [1.165, 1.54) is 12.1 Å². The highest BCUT2D eigenvalue weighted by Crippen LogP contribution is 2.19. The molecule has 1 aromatic carbocycles. The van der Waals surface area contributed by atoms with Crippen molar-refractivity contribution in [1.82, 2.24) is 5.32 Å². The third kappa shape index (κ3) is 4.90. The number of ether oxygens (including phenoxy) is 1. The average molecular weight is 291 g/mol. The first-order valence-corrected chi connectivity index (χ1v) is 7.05. The van der Waals surface area contributed by atoms with Crippen LogP contribution in [-0.2, 0) is 13.2 Å². The molecule has 21 heavy (non-hydrogen) atoms. The zero-order chi connectivity index (χ0) is 15.5. The van der Waals surface area contributed by atoms with E-state index >= 15 is 0 Å². The van der Waals surface area contributed by atoms with Gasteiger partial charge in [0.2, 0.25) is 0 Å². The minimum atomic E-state index is -0.266. The lowest BCUT2D eigenvalue weighted by Crippen LogP contribution is -2.34. The van der Waals surface area contributed by atoms with Crippen molar-refractivity contribution in [3.63, 3.8) is 0 Å². The minimum absolute atomic E-state index is 0.0471. The van der Waals surface area contributed by atoms with Gasteiger partial charge in [-0.25, -0.2) is 4.39 Å². The van der Waals surface area contributed by atoms with Gasteiger partial charge in [0.25, 0.3) is 0 Å². The van der Waals surface area contributed by atoms with Crippen molar-refractivity contribution >= 4 is 0 Å². The predicted molar refractivity (Wildman–Crippen MR) is 80.8 cm³/mol. The van der Waals surface area contributed by atoms with Crippen molar-refractivity contribution < 1.29 is 13.5 Å². The zero-order valence-electron chi connectivity index (χ0n) is 13.0. The van der Waals surface area contributed by atoms with Crippen LogP contribution in [0.3, 0.4) is 0 Å². The van der Waals surface area contributed by atoms with Gasteiger partial charge in [0.15, 0.2) is 0 Å². The monoisotopic (exact) mass is 291 g/mol. The summed E-state index contributed by atoms with van der Waals surface area (Å²) in [6, 6.07) is 8.00. The number of benzene rings is 1. The average Bonchev–Trinajstić information content (AvgIpc) is 2.76. The minimum Gasteiger partial charge on any atom is -0.489 e. The number of aryl methyl sites for hydroxylation is 1. The lowest BCUT2D eigenvalue weighted by atomic mass is 10.1. The number of nitrogens with one attached hydrogen (secondary N) is 1. The fraction of sp³-hybridized carbons (Fsp3) is 0.412. The Kier molecular flexibility index (Phi) is 4.68. The molecule has 0 spiro atoms. The normalized spacial score (nSPS) is 11.7. The highest BCUT2D eigenvalue weighted by atomic mass is 19.1. The number of halogens is 1. The first-order chi connectivity index (χ1) is 9.83. The largest absolute Gasteiger partial charge is 0.489 e. The van der Waals surface area contributed by atoms with Gasteiger partial charge < -0.3 is 14.5 Å². The van der Waals surface area contributed by atoms with Crippen LogP contribution in [0.4, 0.5) is 4.39 Å². The maximum Gasteiger partial charge on any atom is 0.123 e. The van der Waals surface area contributed by atoms with E-state index in [9.17, 15) is 4.39 Å². The van der Waals surface area contributed by atoms with Gasteiger partial charge in [-0.3, -0.25) is 0 Å². The van der Waals surface area contributed by atoms with Crippen molar-refractivity contribution in [2.45, 2.75) is 46.4 Å². The Labute approximate surface area is 125 Å². The van der Waals surface area contributed by atoms with E-state index in [4.69, 9.17) is 9.15 Å². The second-order valence-corrected chi connectivity index (χ2v) is 6.14. The van der Waals surface area contributed by atoms with Gasteiger partial charge in [-0.05, 0) is 58.0 Å². The molecule has 114 valence electrons. The zero-order valence-corrected chi connectivity index (χ0v) is 13.0. The first kappa shape index (κ1) is 15.6. The Morgan fingerprint density at radius 1 is 1.19 bits per heavy atom. The maximum absolute atomic E-state index is 12.8. The molecule has 1 heterocycles. The third-order valence-corrected chi connectivity index (χ3v) is 3.07. The Morgan fingerprint density at radius 2 is 1.86 bits per heavy atom. The molecule has 0 fully saturated rings. The topological polar surface area (TPSA) is 34.4 Å². The summed E-state index contributed by atoms with van der Waals surface area (Å²) in [5, 5.41) is 3.38. The van der Waals surface area contributed by atoms with Crippen molar-refractivity contribution in [1.29, 1.82) is 0 Å². The van der Waals surface area contributed by atoms with Crippen molar-refractivity contribution in [2.75, 3.05) is 0 Å². The molecule has 0 bridgehead atoms. The number of hydrogen-bond donors (Lipinski definition) is 1. The van der Waals surface area contributed by atoms with Gasteiger partial charge in [0, 0.05) is 11.1 Å². The molecule has 0 radical (unpaired) electrons. The Hall–Kier alpha value is -1.81. The molecule has 1 N–H and O–H groups in total. The van der Waals surface area contributed by atoms with E-state index in [-0.39, 0.29) is 11.4 Å². The van der Waals surface area contributed by atoms with Crippen LogP contribution in [0.2, 0.25) is 0 Å². The maximum atomic E-state index is 12.8. The summed E-state index contributed by atoms with van der Waals surface area (Å²) in [5.74, 6) is 2.12. The molecule has 0 amide bonds. The van der Waals surface area contributed by atoms with Crippen molar-refractivity contribution in [2.24, 2.45) is 0 Å². The van der Waals surface area contributed by atoms with Gasteiger partial charge in [0.05, 0.1) is 6.54 Å². The lowest BCUT2D eigenvalue weighted by Gasteiger charge is -2.19. The van der Waals surface area contributed by atoms with Crippen LogP contribution in [0.25, 0.3) is 0 Å². The van der Waals surface area contributed by atoms with E-state index in [0.29, 0.717) is 18.9 Å². The van der Waals surface area contributed by atoms with E-state index < -0.39 is 0 Å². The van der Waals surface area contributed by atoms with Crippen LogP contribution in [-0.4, -0.2) is 5.54 Å². The van der Waals surface area contributed by atoms with Crippen LogP contribution in [0.1, 0.15) is 37.9 Å². The molecule has 2 rings (SSSR count). The summed E-state index contributed by atoms with van der Waals surface area (Å²) in [4.78, 5) is 0.